The van der Waals surface area contributed by atoms with Gasteiger partial charge in [-0.2, -0.15) is 0 Å². The van der Waals surface area contributed by atoms with Gasteiger partial charge < -0.3 is 0 Å². The maximum absolute atomic E-state index is 11.2. The van der Waals surface area contributed by atoms with Crippen molar-refractivity contribution in [1.29, 1.82) is 0 Å². The maximum atomic E-state index is 9.93. The van der Waals surface area contributed by atoms with Crippen molar-refractivity contribution in [1.82, 2.24) is 0 Å². The quantitative estimate of drug-likeness (QED) is 0.130. The Labute approximate surface area is 189 Å². The van der Waals surface area contributed by atoms with Gasteiger partial charge in [-0.25, -0.2) is 0 Å². The summed E-state index contributed by atoms with van der Waals surface area (Å²) < 4.78 is 59.6. The van der Waals surface area contributed by atoms with E-state index >= 15 is 0 Å². The molecular weight excluding hydrogens is 564 g/mol. The summed E-state index contributed by atoms with van der Waals surface area (Å²) in [7, 11) is 0. The Morgan fingerprint density at radius 3 is 1.52 bits per heavy atom. The van der Waals surface area contributed by atoms with Gasteiger partial charge in [0.15, 0.2) is 0 Å². The van der Waals surface area contributed by atoms with E-state index in [-0.39, 0.29) is 13.5 Å². The van der Waals surface area contributed by atoms with Crippen LogP contribution in [0, 0.1) is 0 Å². The minimum absolute atomic E-state index is 0. The third-order valence-corrected chi connectivity index (χ3v) is 4.90. The molecule has 31 heavy (non-hydrogen) atoms. The molecule has 0 saturated carbocycles. The predicted molar refractivity (Wildman–Crippen MR) is 125 cm³/mol. The topological polar surface area (TPSA) is 0 Å². The SMILES string of the molecule is [F][Sb-]([F])([F])([F])([F])[F].[SH3+].c1ccc(-c2ccc(-c3ccccc3)c(-c3cccs3)c2)cc1. The molecule has 0 spiro atoms. The van der Waals surface area contributed by atoms with E-state index in [1.54, 1.807) is 11.3 Å². The van der Waals surface area contributed by atoms with Crippen LogP contribution in [-0.4, -0.2) is 19.5 Å². The van der Waals surface area contributed by atoms with Crippen LogP contribution in [0.2, 0.25) is 0 Å². The number of thiophene rings is 1. The van der Waals surface area contributed by atoms with Crippen molar-refractivity contribution < 1.29 is 16.9 Å². The van der Waals surface area contributed by atoms with E-state index < -0.39 is 19.5 Å². The summed E-state index contributed by atoms with van der Waals surface area (Å²) in [5.41, 5.74) is 6.36. The van der Waals surface area contributed by atoms with Crippen LogP contribution < -0.4 is 0 Å². The average molecular weight is 583 g/mol. The third-order valence-electron chi connectivity index (χ3n) is 4.00. The van der Waals surface area contributed by atoms with Gasteiger partial charge in [0, 0.05) is 10.4 Å². The van der Waals surface area contributed by atoms with Crippen LogP contribution in [-0.2, 0) is 13.5 Å². The van der Waals surface area contributed by atoms with Gasteiger partial charge in [-0.3, -0.25) is 0 Å². The zero-order chi connectivity index (χ0) is 21.9. The smallest absolute Gasteiger partial charge is 0.0349 e. The molecular formula is C22H19F6S2Sb. The summed E-state index contributed by atoms with van der Waals surface area (Å²) in [4.78, 5) is 1.31. The second kappa shape index (κ2) is 8.92. The van der Waals surface area contributed by atoms with Crippen molar-refractivity contribution in [3.05, 3.63) is 96.4 Å². The molecule has 1 aromatic heterocycles. The third kappa shape index (κ3) is 9.01. The summed E-state index contributed by atoms with van der Waals surface area (Å²) in [6.07, 6.45) is 0. The van der Waals surface area contributed by atoms with E-state index in [1.807, 2.05) is 0 Å². The van der Waals surface area contributed by atoms with Gasteiger partial charge in [0.1, 0.15) is 0 Å². The molecule has 0 nitrogen and oxygen atoms in total. The van der Waals surface area contributed by atoms with Crippen LogP contribution in [0.4, 0.5) is 16.9 Å². The number of halogens is 6. The van der Waals surface area contributed by atoms with E-state index in [1.165, 1.54) is 32.7 Å². The Morgan fingerprint density at radius 1 is 0.516 bits per heavy atom. The zero-order valence-corrected chi connectivity index (χ0v) is 20.5. The number of benzene rings is 3. The Bertz CT molecular complexity index is 1100. The largest absolute Gasteiger partial charge is 0.144 e. The number of hydrogen-bond donors (Lipinski definition) is 0. The number of hydrogen-bond acceptors (Lipinski definition) is 1. The summed E-state index contributed by atoms with van der Waals surface area (Å²) in [6.45, 7) is 0. The first-order valence-electron chi connectivity index (χ1n) is 8.72. The molecule has 0 aliphatic rings. The summed E-state index contributed by atoms with van der Waals surface area (Å²) in [6, 6.07) is 32.2. The second-order valence-corrected chi connectivity index (χ2v) is 12.8. The molecule has 0 saturated heterocycles. The fraction of sp³-hybridized carbons (Fsp3) is 0. The van der Waals surface area contributed by atoms with Crippen LogP contribution in [0.5, 0.6) is 0 Å². The monoisotopic (exact) mass is 582 g/mol. The molecule has 9 heteroatoms. The van der Waals surface area contributed by atoms with Crippen LogP contribution in [0.1, 0.15) is 0 Å². The van der Waals surface area contributed by atoms with Crippen LogP contribution in [0.15, 0.2) is 96.4 Å². The first-order chi connectivity index (χ1) is 13.9. The van der Waals surface area contributed by atoms with Crippen LogP contribution in [0.3, 0.4) is 0 Å². The fourth-order valence-corrected chi connectivity index (χ4v) is 3.62. The second-order valence-electron chi connectivity index (χ2n) is 6.43. The Kier molecular flexibility index (Phi) is 7.30. The van der Waals surface area contributed by atoms with E-state index in [0.717, 1.165) is 0 Å². The van der Waals surface area contributed by atoms with E-state index in [2.05, 4.69) is 96.4 Å². The first kappa shape index (κ1) is 25.4. The minimum Gasteiger partial charge on any atom is -0.144 e. The molecule has 166 valence electrons. The Hall–Kier alpha value is -1.89. The molecule has 0 unspecified atom stereocenters. The molecule has 4 aromatic rings. The van der Waals surface area contributed by atoms with Crippen molar-refractivity contribution in [3.8, 4) is 32.7 Å². The Morgan fingerprint density at radius 2 is 1.03 bits per heavy atom. The molecule has 0 radical (unpaired) electrons. The fourth-order valence-electron chi connectivity index (χ4n) is 2.86. The average Bonchev–Trinajstić information content (AvgIpc) is 3.21. The van der Waals surface area contributed by atoms with Gasteiger partial charge >= 0.3 is 36.4 Å². The van der Waals surface area contributed by atoms with Gasteiger partial charge in [0.25, 0.3) is 0 Å². The molecule has 0 N–H and O–H groups in total. The molecule has 0 fully saturated rings. The standard InChI is InChI=1S/C22H16S.6FH.H2S.Sb/c1-3-8-17(9-4-1)19-13-14-20(18-10-5-2-6-11-18)21(16-19)22-12-7-15-23-22;;;;;;;;/h1-16H;6*1H;1H2;/q;;;;;;;;+5/p-5. The summed E-state index contributed by atoms with van der Waals surface area (Å²) in [5.74, 6) is 0. The summed E-state index contributed by atoms with van der Waals surface area (Å²) in [5, 5.41) is 2.14. The predicted octanol–water partition coefficient (Wildman–Crippen LogP) is 8.08. The van der Waals surface area contributed by atoms with Gasteiger partial charge in [0.05, 0.1) is 0 Å². The molecule has 1 heterocycles. The molecule has 4 rings (SSSR count). The van der Waals surface area contributed by atoms with Crippen molar-refractivity contribution in [2.45, 2.75) is 0 Å². The zero-order valence-electron chi connectivity index (χ0n) is 15.9. The van der Waals surface area contributed by atoms with Crippen molar-refractivity contribution in [3.63, 3.8) is 0 Å². The number of rotatable bonds is 3. The van der Waals surface area contributed by atoms with E-state index in [0.29, 0.717) is 0 Å². The maximum Gasteiger partial charge on any atom is 0.0349 e. The van der Waals surface area contributed by atoms with Gasteiger partial charge in [-0.05, 0) is 39.8 Å². The van der Waals surface area contributed by atoms with Crippen molar-refractivity contribution in [2.75, 3.05) is 0 Å². The molecule has 0 aliphatic heterocycles. The first-order valence-corrected chi connectivity index (χ1v) is 15.4. The van der Waals surface area contributed by atoms with Gasteiger partial charge in [0.2, 0.25) is 0 Å². The minimum atomic E-state index is -11.2. The van der Waals surface area contributed by atoms with Crippen molar-refractivity contribution >= 4 is 44.3 Å². The molecule has 0 amide bonds. The van der Waals surface area contributed by atoms with E-state index in [4.69, 9.17) is 0 Å². The Balaban J connectivity index is 0.000000373. The summed E-state index contributed by atoms with van der Waals surface area (Å²) >= 11 is -9.46. The van der Waals surface area contributed by atoms with Gasteiger partial charge in [-0.1, -0.05) is 92.4 Å². The molecule has 0 aliphatic carbocycles. The van der Waals surface area contributed by atoms with Crippen LogP contribution >= 0.6 is 11.3 Å². The van der Waals surface area contributed by atoms with Crippen molar-refractivity contribution in [2.24, 2.45) is 0 Å². The molecule has 0 bridgehead atoms. The van der Waals surface area contributed by atoms with Crippen LogP contribution in [0.25, 0.3) is 32.7 Å². The molecule has 3 aromatic carbocycles. The normalized spacial score (nSPS) is 13.1. The van der Waals surface area contributed by atoms with E-state index in [9.17, 15) is 16.9 Å². The van der Waals surface area contributed by atoms with Gasteiger partial charge in [-0.15, -0.1) is 11.3 Å². The molecule has 0 atom stereocenters.